The molecule has 39 heavy (non-hydrogen) atoms. The largest absolute Gasteiger partial charge is 0.463 e. The van der Waals surface area contributed by atoms with E-state index in [1.54, 1.807) is 31.2 Å². The van der Waals surface area contributed by atoms with E-state index < -0.39 is 23.8 Å². The zero-order valence-electron chi connectivity index (χ0n) is 22.6. The second-order valence-electron chi connectivity index (χ2n) is 9.54. The van der Waals surface area contributed by atoms with Gasteiger partial charge >= 0.3 is 5.97 Å². The fraction of sp³-hybridized carbons (Fsp3) is 0.387. The van der Waals surface area contributed by atoms with Crippen molar-refractivity contribution in [2.75, 3.05) is 19.8 Å². The van der Waals surface area contributed by atoms with Crippen molar-refractivity contribution < 1.29 is 28.6 Å². The molecule has 2 amide bonds. The molecule has 0 fully saturated rings. The van der Waals surface area contributed by atoms with E-state index >= 15 is 0 Å². The summed E-state index contributed by atoms with van der Waals surface area (Å²) in [5.74, 6) is -2.51. The van der Waals surface area contributed by atoms with Gasteiger partial charge in [-0.25, -0.2) is 4.39 Å². The summed E-state index contributed by atoms with van der Waals surface area (Å²) in [6.45, 7) is 9.39. The number of ether oxygens (including phenoxy) is 1. The maximum atomic E-state index is 13.2. The van der Waals surface area contributed by atoms with Crippen LogP contribution in [0, 0.1) is 17.7 Å². The van der Waals surface area contributed by atoms with E-state index in [-0.39, 0.29) is 43.8 Å². The molecule has 2 aromatic rings. The number of aliphatic hydroxyl groups is 1. The molecule has 2 aromatic carbocycles. The Hall–Kier alpha value is -3.78. The van der Waals surface area contributed by atoms with E-state index in [0.717, 1.165) is 11.1 Å². The first-order valence-corrected chi connectivity index (χ1v) is 13.1. The van der Waals surface area contributed by atoms with Crippen molar-refractivity contribution in [3.63, 3.8) is 0 Å². The molecule has 2 N–H and O–H groups in total. The Morgan fingerprint density at radius 2 is 1.64 bits per heavy atom. The normalized spacial score (nSPS) is 13.0. The van der Waals surface area contributed by atoms with Crippen LogP contribution in [0.1, 0.15) is 37.3 Å². The van der Waals surface area contributed by atoms with Crippen molar-refractivity contribution in [3.05, 3.63) is 96.9 Å². The number of esters is 1. The topological polar surface area (TPSA) is 95.9 Å². The number of benzene rings is 2. The molecule has 2 rings (SSSR count). The molecule has 0 unspecified atom stereocenters. The van der Waals surface area contributed by atoms with E-state index in [9.17, 15) is 23.9 Å². The van der Waals surface area contributed by atoms with Crippen molar-refractivity contribution in [1.29, 1.82) is 0 Å². The third-order valence-corrected chi connectivity index (χ3v) is 6.23. The van der Waals surface area contributed by atoms with E-state index in [2.05, 4.69) is 18.5 Å². The van der Waals surface area contributed by atoms with Gasteiger partial charge in [-0.1, -0.05) is 54.6 Å². The SMILES string of the molecule is C=CC[C@H](CC(=O)N(CCO)Cc1ccccc1)C(=O)N[C@H](C)COC(=O)[C@@H](CC=C)Cc1ccc(F)cc1. The minimum Gasteiger partial charge on any atom is -0.463 e. The molecule has 210 valence electrons. The van der Waals surface area contributed by atoms with Gasteiger partial charge in [0.2, 0.25) is 11.8 Å². The predicted molar refractivity (Wildman–Crippen MR) is 149 cm³/mol. The molecular weight excluding hydrogens is 499 g/mol. The van der Waals surface area contributed by atoms with Crippen LogP contribution in [0.5, 0.6) is 0 Å². The highest BCUT2D eigenvalue weighted by Crippen LogP contribution is 2.17. The van der Waals surface area contributed by atoms with Crippen LogP contribution in [0.2, 0.25) is 0 Å². The fourth-order valence-electron chi connectivity index (χ4n) is 4.14. The lowest BCUT2D eigenvalue weighted by Crippen LogP contribution is -2.42. The van der Waals surface area contributed by atoms with Gasteiger partial charge in [0.05, 0.1) is 24.5 Å². The lowest BCUT2D eigenvalue weighted by molar-refractivity contribution is -0.149. The van der Waals surface area contributed by atoms with Crippen molar-refractivity contribution >= 4 is 17.8 Å². The second-order valence-corrected chi connectivity index (χ2v) is 9.54. The Morgan fingerprint density at radius 3 is 2.26 bits per heavy atom. The van der Waals surface area contributed by atoms with Crippen LogP contribution in [0.15, 0.2) is 79.9 Å². The van der Waals surface area contributed by atoms with E-state index in [4.69, 9.17) is 4.74 Å². The molecule has 7 nitrogen and oxygen atoms in total. The Labute approximate surface area is 230 Å². The zero-order chi connectivity index (χ0) is 28.6. The van der Waals surface area contributed by atoms with Crippen LogP contribution < -0.4 is 5.32 Å². The molecular formula is C31H39FN2O5. The smallest absolute Gasteiger partial charge is 0.309 e. The van der Waals surface area contributed by atoms with Gasteiger partial charge in [0.25, 0.3) is 0 Å². The maximum absolute atomic E-state index is 13.2. The number of carbonyl (C=O) groups excluding carboxylic acids is 3. The number of hydrogen-bond donors (Lipinski definition) is 2. The lowest BCUT2D eigenvalue weighted by Gasteiger charge is -2.25. The average molecular weight is 539 g/mol. The quantitative estimate of drug-likeness (QED) is 0.232. The second kappa shape index (κ2) is 16.9. The number of halogens is 1. The molecule has 0 aliphatic rings. The Bertz CT molecular complexity index is 1070. The third kappa shape index (κ3) is 11.2. The number of carbonyl (C=O) groups is 3. The summed E-state index contributed by atoms with van der Waals surface area (Å²) in [6, 6.07) is 14.9. The van der Waals surface area contributed by atoms with Gasteiger partial charge in [-0.05, 0) is 49.4 Å². The lowest BCUT2D eigenvalue weighted by atomic mass is 9.96. The molecule has 0 saturated heterocycles. The van der Waals surface area contributed by atoms with Crippen molar-refractivity contribution in [3.8, 4) is 0 Å². The highest BCUT2D eigenvalue weighted by molar-refractivity contribution is 5.86. The first-order valence-electron chi connectivity index (χ1n) is 13.1. The fourth-order valence-corrected chi connectivity index (χ4v) is 4.14. The molecule has 0 heterocycles. The number of hydrogen-bond acceptors (Lipinski definition) is 5. The van der Waals surface area contributed by atoms with Gasteiger partial charge in [0.15, 0.2) is 0 Å². The molecule has 3 atom stereocenters. The number of aliphatic hydroxyl groups excluding tert-OH is 1. The number of amides is 2. The van der Waals surface area contributed by atoms with Crippen LogP contribution >= 0.6 is 0 Å². The van der Waals surface area contributed by atoms with Gasteiger partial charge in [0.1, 0.15) is 12.4 Å². The van der Waals surface area contributed by atoms with Gasteiger partial charge in [0, 0.05) is 19.5 Å². The van der Waals surface area contributed by atoms with Gasteiger partial charge < -0.3 is 20.1 Å². The van der Waals surface area contributed by atoms with Crippen molar-refractivity contribution in [1.82, 2.24) is 10.2 Å². The summed E-state index contributed by atoms with van der Waals surface area (Å²) in [5, 5.41) is 12.3. The molecule has 0 aliphatic heterocycles. The van der Waals surface area contributed by atoms with Crippen LogP contribution in [-0.2, 0) is 32.1 Å². The molecule has 0 aromatic heterocycles. The van der Waals surface area contributed by atoms with E-state index in [1.807, 2.05) is 30.3 Å². The Balaban J connectivity index is 1.92. The minimum atomic E-state index is -0.655. The average Bonchev–Trinajstić information content (AvgIpc) is 2.92. The highest BCUT2D eigenvalue weighted by Gasteiger charge is 2.26. The Kier molecular flexibility index (Phi) is 13.7. The summed E-state index contributed by atoms with van der Waals surface area (Å²) in [6.07, 6.45) is 4.24. The summed E-state index contributed by atoms with van der Waals surface area (Å²) < 4.78 is 18.7. The van der Waals surface area contributed by atoms with Crippen LogP contribution in [0.25, 0.3) is 0 Å². The van der Waals surface area contributed by atoms with Crippen molar-refractivity contribution in [2.45, 2.75) is 45.2 Å². The first kappa shape index (κ1) is 31.4. The summed E-state index contributed by atoms with van der Waals surface area (Å²) in [7, 11) is 0. The van der Waals surface area contributed by atoms with Crippen LogP contribution in [0.3, 0.4) is 0 Å². The summed E-state index contributed by atoms with van der Waals surface area (Å²) in [4.78, 5) is 40.3. The third-order valence-electron chi connectivity index (χ3n) is 6.23. The standard InChI is InChI=1S/C31H39FN2O5/c1-4-9-26(20-29(36)34(17-18-35)21-25-11-7-6-8-12-25)30(37)33-23(3)22-39-31(38)27(10-5-2)19-24-13-15-28(32)16-14-24/h4-8,11-16,23,26-27,35H,1-2,9-10,17-22H2,3H3,(H,33,37)/t23-,26-,27+/m1/s1. The monoisotopic (exact) mass is 538 g/mol. The molecule has 8 heteroatoms. The highest BCUT2D eigenvalue weighted by atomic mass is 19.1. The maximum Gasteiger partial charge on any atom is 0.309 e. The van der Waals surface area contributed by atoms with Gasteiger partial charge in [-0.2, -0.15) is 0 Å². The van der Waals surface area contributed by atoms with Crippen LogP contribution in [-0.4, -0.2) is 53.6 Å². The van der Waals surface area contributed by atoms with Crippen LogP contribution in [0.4, 0.5) is 4.39 Å². The Morgan fingerprint density at radius 1 is 1.00 bits per heavy atom. The number of rotatable bonds is 17. The molecule has 0 radical (unpaired) electrons. The van der Waals surface area contributed by atoms with Gasteiger partial charge in [-0.15, -0.1) is 13.2 Å². The molecule has 0 spiro atoms. The predicted octanol–water partition coefficient (Wildman–Crippen LogP) is 4.21. The zero-order valence-corrected chi connectivity index (χ0v) is 22.6. The number of nitrogens with zero attached hydrogens (tertiary/aromatic N) is 1. The molecule has 0 saturated carbocycles. The van der Waals surface area contributed by atoms with Gasteiger partial charge in [-0.3, -0.25) is 14.4 Å². The number of allylic oxidation sites excluding steroid dienone is 2. The number of nitrogens with one attached hydrogen (secondary N) is 1. The van der Waals surface area contributed by atoms with Crippen molar-refractivity contribution in [2.24, 2.45) is 11.8 Å². The summed E-state index contributed by atoms with van der Waals surface area (Å²) in [5.41, 5.74) is 1.73. The molecule has 0 bridgehead atoms. The molecule has 0 aliphatic carbocycles. The van der Waals surface area contributed by atoms with E-state index in [1.165, 1.54) is 17.0 Å². The first-order chi connectivity index (χ1) is 18.8. The van der Waals surface area contributed by atoms with E-state index in [0.29, 0.717) is 25.8 Å². The summed E-state index contributed by atoms with van der Waals surface area (Å²) >= 11 is 0. The minimum absolute atomic E-state index is 0.0406.